The number of fused-ring (bicyclic) bond motifs is 1. The maximum Gasteiger partial charge on any atom is 0.0488 e. The molecule has 1 aliphatic carbocycles. The number of rotatable bonds is 2. The van der Waals surface area contributed by atoms with Gasteiger partial charge in [-0.25, -0.2) is 0 Å². The number of aliphatic hydroxyl groups is 1. The SMILES string of the molecule is CC(C)(CO)C1CCc2cccc(Cl)c21. The lowest BCUT2D eigenvalue weighted by atomic mass is 9.76. The molecule has 0 bridgehead atoms. The minimum Gasteiger partial charge on any atom is -0.396 e. The summed E-state index contributed by atoms with van der Waals surface area (Å²) < 4.78 is 0. The van der Waals surface area contributed by atoms with Crippen LogP contribution in [-0.2, 0) is 6.42 Å². The zero-order chi connectivity index (χ0) is 11.1. The Morgan fingerprint density at radius 1 is 1.47 bits per heavy atom. The van der Waals surface area contributed by atoms with E-state index >= 15 is 0 Å². The lowest BCUT2D eigenvalue weighted by Crippen LogP contribution is -2.24. The predicted octanol–water partition coefficient (Wildman–Crippen LogP) is 3.39. The average Bonchev–Trinajstić information content (AvgIpc) is 2.63. The summed E-state index contributed by atoms with van der Waals surface area (Å²) in [7, 11) is 0. The van der Waals surface area contributed by atoms with Crippen LogP contribution in [0.5, 0.6) is 0 Å². The number of halogens is 1. The normalized spacial score (nSPS) is 20.4. The Hall–Kier alpha value is -0.530. The van der Waals surface area contributed by atoms with Gasteiger partial charge < -0.3 is 5.11 Å². The number of benzene rings is 1. The maximum absolute atomic E-state index is 9.43. The Labute approximate surface area is 96.1 Å². The van der Waals surface area contributed by atoms with Crippen molar-refractivity contribution >= 4 is 11.6 Å². The van der Waals surface area contributed by atoms with Crippen LogP contribution in [0.25, 0.3) is 0 Å². The molecule has 0 radical (unpaired) electrons. The second-order valence-electron chi connectivity index (χ2n) is 5.05. The Kier molecular flexibility index (Phi) is 2.78. The molecule has 0 saturated carbocycles. The van der Waals surface area contributed by atoms with E-state index in [0.29, 0.717) is 5.92 Å². The molecule has 2 heteroatoms. The number of hydrogen-bond donors (Lipinski definition) is 1. The quantitative estimate of drug-likeness (QED) is 0.817. The van der Waals surface area contributed by atoms with Gasteiger partial charge in [0, 0.05) is 11.6 Å². The van der Waals surface area contributed by atoms with Gasteiger partial charge in [0.15, 0.2) is 0 Å². The smallest absolute Gasteiger partial charge is 0.0488 e. The third-order valence-electron chi connectivity index (χ3n) is 3.54. The molecule has 1 unspecified atom stereocenters. The van der Waals surface area contributed by atoms with Crippen LogP contribution in [-0.4, -0.2) is 11.7 Å². The number of aliphatic hydroxyl groups excluding tert-OH is 1. The molecular formula is C13H17ClO. The van der Waals surface area contributed by atoms with E-state index in [4.69, 9.17) is 11.6 Å². The molecule has 1 N–H and O–H groups in total. The highest BCUT2D eigenvalue weighted by atomic mass is 35.5. The summed E-state index contributed by atoms with van der Waals surface area (Å²) in [4.78, 5) is 0. The van der Waals surface area contributed by atoms with Crippen molar-refractivity contribution in [1.82, 2.24) is 0 Å². The lowest BCUT2D eigenvalue weighted by molar-refractivity contribution is 0.130. The first-order chi connectivity index (χ1) is 7.06. The van der Waals surface area contributed by atoms with E-state index in [2.05, 4.69) is 19.9 Å². The minimum atomic E-state index is -0.0732. The fraction of sp³-hybridized carbons (Fsp3) is 0.538. The van der Waals surface area contributed by atoms with Crippen molar-refractivity contribution in [1.29, 1.82) is 0 Å². The molecule has 1 aromatic rings. The van der Waals surface area contributed by atoms with Gasteiger partial charge in [0.2, 0.25) is 0 Å². The van der Waals surface area contributed by atoms with Crippen LogP contribution >= 0.6 is 11.6 Å². The van der Waals surface area contributed by atoms with Gasteiger partial charge in [-0.15, -0.1) is 0 Å². The van der Waals surface area contributed by atoms with E-state index in [-0.39, 0.29) is 12.0 Å². The highest BCUT2D eigenvalue weighted by molar-refractivity contribution is 6.31. The van der Waals surface area contributed by atoms with E-state index in [0.717, 1.165) is 17.9 Å². The zero-order valence-corrected chi connectivity index (χ0v) is 10.0. The first-order valence-electron chi connectivity index (χ1n) is 5.44. The molecule has 15 heavy (non-hydrogen) atoms. The number of aryl methyl sites for hydroxylation is 1. The fourth-order valence-electron chi connectivity index (χ4n) is 2.53. The molecule has 0 aromatic heterocycles. The monoisotopic (exact) mass is 224 g/mol. The molecule has 82 valence electrons. The maximum atomic E-state index is 9.43. The zero-order valence-electron chi connectivity index (χ0n) is 9.26. The molecule has 1 atom stereocenters. The van der Waals surface area contributed by atoms with E-state index in [1.807, 2.05) is 12.1 Å². The topological polar surface area (TPSA) is 20.2 Å². The Morgan fingerprint density at radius 2 is 2.20 bits per heavy atom. The largest absolute Gasteiger partial charge is 0.396 e. The van der Waals surface area contributed by atoms with Crippen LogP contribution in [0.15, 0.2) is 18.2 Å². The highest BCUT2D eigenvalue weighted by Crippen LogP contribution is 2.47. The van der Waals surface area contributed by atoms with Gasteiger partial charge in [-0.05, 0) is 41.4 Å². The van der Waals surface area contributed by atoms with Crippen molar-refractivity contribution in [2.75, 3.05) is 6.61 Å². The Balaban J connectivity index is 2.44. The van der Waals surface area contributed by atoms with E-state index < -0.39 is 0 Å². The van der Waals surface area contributed by atoms with Crippen LogP contribution < -0.4 is 0 Å². The third kappa shape index (κ3) is 1.79. The Morgan fingerprint density at radius 3 is 2.87 bits per heavy atom. The van der Waals surface area contributed by atoms with Crippen LogP contribution in [0.2, 0.25) is 5.02 Å². The second kappa shape index (κ2) is 3.80. The van der Waals surface area contributed by atoms with Crippen LogP contribution in [0.1, 0.15) is 37.3 Å². The minimum absolute atomic E-state index is 0.0732. The summed E-state index contributed by atoms with van der Waals surface area (Å²) >= 11 is 6.25. The molecule has 1 aliphatic rings. The van der Waals surface area contributed by atoms with E-state index in [1.54, 1.807) is 0 Å². The third-order valence-corrected chi connectivity index (χ3v) is 3.87. The van der Waals surface area contributed by atoms with E-state index in [9.17, 15) is 5.11 Å². The standard InChI is InChI=1S/C13H17ClO/c1-13(2,8-15)10-7-6-9-4-3-5-11(14)12(9)10/h3-5,10,15H,6-8H2,1-2H3. The molecule has 0 heterocycles. The number of hydrogen-bond acceptors (Lipinski definition) is 1. The van der Waals surface area contributed by atoms with Gasteiger partial charge in [-0.2, -0.15) is 0 Å². The average molecular weight is 225 g/mol. The van der Waals surface area contributed by atoms with Gasteiger partial charge in [0.25, 0.3) is 0 Å². The fourth-order valence-corrected chi connectivity index (χ4v) is 2.85. The molecule has 0 aliphatic heterocycles. The molecule has 1 nitrogen and oxygen atoms in total. The molecule has 0 fully saturated rings. The molecule has 2 rings (SSSR count). The lowest BCUT2D eigenvalue weighted by Gasteiger charge is -2.30. The van der Waals surface area contributed by atoms with Crippen molar-refractivity contribution in [2.24, 2.45) is 5.41 Å². The summed E-state index contributed by atoms with van der Waals surface area (Å²) in [6, 6.07) is 6.11. The summed E-state index contributed by atoms with van der Waals surface area (Å²) in [5, 5.41) is 10.3. The van der Waals surface area contributed by atoms with Gasteiger partial charge >= 0.3 is 0 Å². The van der Waals surface area contributed by atoms with Crippen molar-refractivity contribution in [3.8, 4) is 0 Å². The van der Waals surface area contributed by atoms with Crippen molar-refractivity contribution in [3.63, 3.8) is 0 Å². The van der Waals surface area contributed by atoms with Crippen LogP contribution in [0.3, 0.4) is 0 Å². The summed E-state index contributed by atoms with van der Waals surface area (Å²) in [5.74, 6) is 0.395. The van der Waals surface area contributed by atoms with Crippen molar-refractivity contribution in [3.05, 3.63) is 34.3 Å². The van der Waals surface area contributed by atoms with Crippen LogP contribution in [0, 0.1) is 5.41 Å². The van der Waals surface area contributed by atoms with Crippen molar-refractivity contribution in [2.45, 2.75) is 32.6 Å². The van der Waals surface area contributed by atoms with Gasteiger partial charge in [-0.1, -0.05) is 37.6 Å². The van der Waals surface area contributed by atoms with Gasteiger partial charge in [0.1, 0.15) is 0 Å². The first-order valence-corrected chi connectivity index (χ1v) is 5.82. The summed E-state index contributed by atoms with van der Waals surface area (Å²) in [5.41, 5.74) is 2.54. The molecular weight excluding hydrogens is 208 g/mol. The van der Waals surface area contributed by atoms with Crippen LogP contribution in [0.4, 0.5) is 0 Å². The molecule has 1 aromatic carbocycles. The molecule has 0 spiro atoms. The first kappa shape index (κ1) is 11.0. The molecule has 0 saturated heterocycles. The Bertz CT molecular complexity index is 371. The highest BCUT2D eigenvalue weighted by Gasteiger charge is 2.36. The summed E-state index contributed by atoms with van der Waals surface area (Å²) in [6.07, 6.45) is 2.19. The summed E-state index contributed by atoms with van der Waals surface area (Å²) in [6.45, 7) is 4.43. The van der Waals surface area contributed by atoms with Gasteiger partial charge in [-0.3, -0.25) is 0 Å². The predicted molar refractivity (Wildman–Crippen MR) is 63.4 cm³/mol. The molecule has 0 amide bonds. The van der Waals surface area contributed by atoms with E-state index in [1.165, 1.54) is 11.1 Å². The van der Waals surface area contributed by atoms with Gasteiger partial charge in [0.05, 0.1) is 0 Å². The second-order valence-corrected chi connectivity index (χ2v) is 5.46. The van der Waals surface area contributed by atoms with Crippen molar-refractivity contribution < 1.29 is 5.11 Å².